The Kier molecular flexibility index (Phi) is 3.61. The monoisotopic (exact) mass is 221 g/mol. The lowest BCUT2D eigenvalue weighted by atomic mass is 10.2. The summed E-state index contributed by atoms with van der Waals surface area (Å²) in [5.41, 5.74) is 0.922. The first-order chi connectivity index (χ1) is 7.84. The Hall–Kier alpha value is -1.75. The third-order valence-electron chi connectivity index (χ3n) is 2.14. The van der Waals surface area contributed by atoms with E-state index < -0.39 is 0 Å². The predicted octanol–water partition coefficient (Wildman–Crippen LogP) is 1.54. The summed E-state index contributed by atoms with van der Waals surface area (Å²) >= 11 is 0. The van der Waals surface area contributed by atoms with E-state index in [0.717, 1.165) is 12.1 Å². The number of nitrogens with zero attached hydrogens (tertiary/aromatic N) is 2. The topological polar surface area (TPSA) is 51.0 Å². The van der Waals surface area contributed by atoms with Crippen LogP contribution in [-0.2, 0) is 13.0 Å². The van der Waals surface area contributed by atoms with E-state index in [2.05, 4.69) is 15.5 Å². The molecule has 0 unspecified atom stereocenters. The molecule has 84 valence electrons. The van der Waals surface area contributed by atoms with E-state index in [-0.39, 0.29) is 5.82 Å². The number of nitrogens with one attached hydrogen (secondary N) is 1. The SMILES string of the molecule is Fc1cccc(CNCCc2ncno2)c1. The fourth-order valence-corrected chi connectivity index (χ4v) is 1.38. The zero-order chi connectivity index (χ0) is 11.2. The maximum absolute atomic E-state index is 12.8. The molecule has 0 spiro atoms. The minimum atomic E-state index is -0.212. The lowest BCUT2D eigenvalue weighted by Crippen LogP contribution is -2.16. The third kappa shape index (κ3) is 3.13. The highest BCUT2D eigenvalue weighted by molar-refractivity contribution is 5.15. The molecule has 0 amide bonds. The van der Waals surface area contributed by atoms with Crippen LogP contribution in [0, 0.1) is 5.82 Å². The second kappa shape index (κ2) is 5.37. The summed E-state index contributed by atoms with van der Waals surface area (Å²) in [6.07, 6.45) is 2.05. The summed E-state index contributed by atoms with van der Waals surface area (Å²) < 4.78 is 17.7. The normalized spacial score (nSPS) is 10.6. The molecular weight excluding hydrogens is 209 g/mol. The molecule has 0 aliphatic heterocycles. The number of benzene rings is 1. The van der Waals surface area contributed by atoms with E-state index in [9.17, 15) is 4.39 Å². The van der Waals surface area contributed by atoms with Gasteiger partial charge in [0.15, 0.2) is 6.33 Å². The summed E-state index contributed by atoms with van der Waals surface area (Å²) in [6.45, 7) is 1.35. The van der Waals surface area contributed by atoms with Gasteiger partial charge in [-0.15, -0.1) is 0 Å². The Bertz CT molecular complexity index is 431. The van der Waals surface area contributed by atoms with Crippen LogP contribution in [0.5, 0.6) is 0 Å². The van der Waals surface area contributed by atoms with Crippen LogP contribution in [-0.4, -0.2) is 16.7 Å². The van der Waals surface area contributed by atoms with Crippen molar-refractivity contribution < 1.29 is 8.91 Å². The maximum atomic E-state index is 12.8. The average Bonchev–Trinajstić information content (AvgIpc) is 2.77. The van der Waals surface area contributed by atoms with E-state index in [4.69, 9.17) is 4.52 Å². The van der Waals surface area contributed by atoms with Crippen molar-refractivity contribution in [3.8, 4) is 0 Å². The summed E-state index contributed by atoms with van der Waals surface area (Å²) in [7, 11) is 0. The van der Waals surface area contributed by atoms with Crippen molar-refractivity contribution in [1.29, 1.82) is 0 Å². The van der Waals surface area contributed by atoms with Crippen LogP contribution in [0.1, 0.15) is 11.5 Å². The third-order valence-corrected chi connectivity index (χ3v) is 2.14. The van der Waals surface area contributed by atoms with Gasteiger partial charge < -0.3 is 9.84 Å². The summed E-state index contributed by atoms with van der Waals surface area (Å²) in [4.78, 5) is 3.90. The van der Waals surface area contributed by atoms with Crippen molar-refractivity contribution >= 4 is 0 Å². The van der Waals surface area contributed by atoms with Crippen molar-refractivity contribution in [3.05, 3.63) is 47.9 Å². The first kappa shape index (κ1) is 10.8. The van der Waals surface area contributed by atoms with Crippen molar-refractivity contribution in [1.82, 2.24) is 15.5 Å². The van der Waals surface area contributed by atoms with Gasteiger partial charge in [-0.05, 0) is 17.7 Å². The van der Waals surface area contributed by atoms with Crippen LogP contribution in [0.25, 0.3) is 0 Å². The van der Waals surface area contributed by atoms with E-state index in [1.807, 2.05) is 6.07 Å². The molecule has 0 atom stereocenters. The van der Waals surface area contributed by atoms with Gasteiger partial charge in [0.2, 0.25) is 5.89 Å². The molecule has 1 aromatic heterocycles. The Morgan fingerprint density at radius 2 is 2.31 bits per heavy atom. The number of aromatic nitrogens is 2. The Morgan fingerprint density at radius 3 is 3.06 bits per heavy atom. The lowest BCUT2D eigenvalue weighted by molar-refractivity contribution is 0.375. The van der Waals surface area contributed by atoms with Gasteiger partial charge in [-0.3, -0.25) is 0 Å². The van der Waals surface area contributed by atoms with Crippen LogP contribution in [0.3, 0.4) is 0 Å². The van der Waals surface area contributed by atoms with Crippen LogP contribution in [0.15, 0.2) is 35.1 Å². The van der Waals surface area contributed by atoms with Gasteiger partial charge >= 0.3 is 0 Å². The van der Waals surface area contributed by atoms with Gasteiger partial charge in [0, 0.05) is 19.5 Å². The first-order valence-electron chi connectivity index (χ1n) is 5.05. The van der Waals surface area contributed by atoms with Crippen molar-refractivity contribution in [2.24, 2.45) is 0 Å². The van der Waals surface area contributed by atoms with Gasteiger partial charge in [-0.25, -0.2) is 4.39 Å². The second-order valence-electron chi connectivity index (χ2n) is 3.39. The lowest BCUT2D eigenvalue weighted by Gasteiger charge is -2.02. The largest absolute Gasteiger partial charge is 0.340 e. The summed E-state index contributed by atoms with van der Waals surface area (Å²) in [5, 5.41) is 6.68. The Morgan fingerprint density at radius 1 is 1.38 bits per heavy atom. The highest BCUT2D eigenvalue weighted by Crippen LogP contribution is 2.02. The molecule has 16 heavy (non-hydrogen) atoms. The molecule has 0 aliphatic carbocycles. The van der Waals surface area contributed by atoms with Crippen molar-refractivity contribution in [2.45, 2.75) is 13.0 Å². The number of hydrogen-bond donors (Lipinski definition) is 1. The van der Waals surface area contributed by atoms with E-state index in [1.165, 1.54) is 18.5 Å². The molecule has 1 N–H and O–H groups in total. The molecule has 1 heterocycles. The van der Waals surface area contributed by atoms with Gasteiger partial charge in [-0.2, -0.15) is 4.98 Å². The Labute approximate surface area is 92.5 Å². The van der Waals surface area contributed by atoms with Crippen LogP contribution in [0.4, 0.5) is 4.39 Å². The molecule has 4 nitrogen and oxygen atoms in total. The molecular formula is C11H12FN3O. The Balaban J connectivity index is 1.72. The van der Waals surface area contributed by atoms with Gasteiger partial charge in [0.05, 0.1) is 0 Å². The molecule has 1 aromatic carbocycles. The quantitative estimate of drug-likeness (QED) is 0.778. The fraction of sp³-hybridized carbons (Fsp3) is 0.273. The standard InChI is InChI=1S/C11H12FN3O/c12-10-3-1-2-9(6-10)7-13-5-4-11-14-8-15-16-11/h1-3,6,8,13H,4-5,7H2. The summed E-state index contributed by atoms with van der Waals surface area (Å²) in [6, 6.07) is 6.52. The molecule has 2 rings (SSSR count). The molecule has 2 aromatic rings. The van der Waals surface area contributed by atoms with Crippen LogP contribution < -0.4 is 5.32 Å². The molecule has 0 bridgehead atoms. The van der Waals surface area contributed by atoms with E-state index >= 15 is 0 Å². The molecule has 0 fully saturated rings. The highest BCUT2D eigenvalue weighted by atomic mass is 19.1. The minimum Gasteiger partial charge on any atom is -0.340 e. The second-order valence-corrected chi connectivity index (χ2v) is 3.39. The molecule has 0 radical (unpaired) electrons. The first-order valence-corrected chi connectivity index (χ1v) is 5.05. The molecule has 0 aliphatic rings. The number of rotatable bonds is 5. The molecule has 0 saturated carbocycles. The zero-order valence-electron chi connectivity index (χ0n) is 8.69. The van der Waals surface area contributed by atoms with Crippen LogP contribution in [0.2, 0.25) is 0 Å². The summed E-state index contributed by atoms with van der Waals surface area (Å²) in [5.74, 6) is 0.392. The maximum Gasteiger partial charge on any atom is 0.227 e. The molecule has 0 saturated heterocycles. The van der Waals surface area contributed by atoms with E-state index in [0.29, 0.717) is 18.9 Å². The zero-order valence-corrected chi connectivity index (χ0v) is 8.69. The number of hydrogen-bond acceptors (Lipinski definition) is 4. The molecule has 5 heteroatoms. The van der Waals surface area contributed by atoms with Crippen molar-refractivity contribution in [3.63, 3.8) is 0 Å². The van der Waals surface area contributed by atoms with Crippen LogP contribution >= 0.6 is 0 Å². The van der Waals surface area contributed by atoms with Gasteiger partial charge in [0.25, 0.3) is 0 Å². The van der Waals surface area contributed by atoms with Gasteiger partial charge in [-0.1, -0.05) is 17.3 Å². The fourth-order valence-electron chi connectivity index (χ4n) is 1.38. The minimum absolute atomic E-state index is 0.212. The highest BCUT2D eigenvalue weighted by Gasteiger charge is 1.98. The predicted molar refractivity (Wildman–Crippen MR) is 56.1 cm³/mol. The van der Waals surface area contributed by atoms with Gasteiger partial charge in [0.1, 0.15) is 5.82 Å². The smallest absolute Gasteiger partial charge is 0.227 e. The number of halogens is 1. The van der Waals surface area contributed by atoms with Crippen molar-refractivity contribution in [2.75, 3.05) is 6.54 Å². The van der Waals surface area contributed by atoms with E-state index in [1.54, 1.807) is 6.07 Å². The average molecular weight is 221 g/mol.